The summed E-state index contributed by atoms with van der Waals surface area (Å²) in [6.45, 7) is 0. The van der Waals surface area contributed by atoms with Crippen LogP contribution in [0.15, 0.2) is 53.7 Å². The van der Waals surface area contributed by atoms with Gasteiger partial charge >= 0.3 is 6.03 Å². The van der Waals surface area contributed by atoms with E-state index in [0.29, 0.717) is 17.1 Å². The number of carbonyl (C=O) groups excluding carboxylic acids is 1. The lowest BCUT2D eigenvalue weighted by atomic mass is 10.1. The van der Waals surface area contributed by atoms with Crippen molar-refractivity contribution in [3.8, 4) is 5.75 Å². The number of methoxy groups -OCH3 is 1. The van der Waals surface area contributed by atoms with Gasteiger partial charge in [-0.05, 0) is 42.0 Å². The molecule has 0 bridgehead atoms. The highest BCUT2D eigenvalue weighted by Gasteiger charge is 2.18. The Bertz CT molecular complexity index is 733. The maximum absolute atomic E-state index is 12.2. The first kappa shape index (κ1) is 18.4. The summed E-state index contributed by atoms with van der Waals surface area (Å²) >= 11 is 5.81. The summed E-state index contributed by atoms with van der Waals surface area (Å²) in [5.74, 6) is 0.625. The van der Waals surface area contributed by atoms with Gasteiger partial charge in [0, 0.05) is 17.1 Å². The van der Waals surface area contributed by atoms with Crippen LogP contribution in [0, 0.1) is 0 Å². The Labute approximate surface area is 150 Å². The van der Waals surface area contributed by atoms with Gasteiger partial charge < -0.3 is 26.3 Å². The van der Waals surface area contributed by atoms with E-state index in [-0.39, 0.29) is 5.84 Å². The van der Waals surface area contributed by atoms with E-state index in [1.165, 1.54) is 0 Å². The summed E-state index contributed by atoms with van der Waals surface area (Å²) in [6.07, 6.45) is 0.355. The van der Waals surface area contributed by atoms with E-state index in [4.69, 9.17) is 27.3 Å². The molecule has 5 N–H and O–H groups in total. The van der Waals surface area contributed by atoms with Gasteiger partial charge in [-0.1, -0.05) is 28.9 Å². The molecule has 0 aliphatic heterocycles. The van der Waals surface area contributed by atoms with Gasteiger partial charge in [0.25, 0.3) is 0 Å². The molecule has 0 radical (unpaired) electrons. The van der Waals surface area contributed by atoms with Crippen molar-refractivity contribution in [2.75, 3.05) is 12.4 Å². The number of carbonyl (C=O) groups is 1. The van der Waals surface area contributed by atoms with Crippen LogP contribution in [0.2, 0.25) is 5.02 Å². The van der Waals surface area contributed by atoms with Crippen molar-refractivity contribution in [1.82, 2.24) is 5.32 Å². The zero-order valence-corrected chi connectivity index (χ0v) is 14.3. The normalized spacial score (nSPS) is 12.3. The smallest absolute Gasteiger partial charge is 0.319 e. The van der Waals surface area contributed by atoms with Crippen molar-refractivity contribution in [1.29, 1.82) is 0 Å². The fourth-order valence-electron chi connectivity index (χ4n) is 2.16. The summed E-state index contributed by atoms with van der Waals surface area (Å²) in [5, 5.41) is 17.9. The van der Waals surface area contributed by atoms with Crippen LogP contribution in [0.3, 0.4) is 0 Å². The van der Waals surface area contributed by atoms with Gasteiger partial charge in [-0.25, -0.2) is 4.79 Å². The van der Waals surface area contributed by atoms with Gasteiger partial charge in [0.15, 0.2) is 5.84 Å². The van der Waals surface area contributed by atoms with Crippen LogP contribution in [0.4, 0.5) is 10.5 Å². The van der Waals surface area contributed by atoms with Crippen LogP contribution in [0.1, 0.15) is 5.56 Å². The molecule has 0 aliphatic rings. The number of nitrogens with two attached hydrogens (primary N) is 1. The average molecular weight is 363 g/mol. The quantitative estimate of drug-likeness (QED) is 0.274. The van der Waals surface area contributed by atoms with Crippen molar-refractivity contribution in [3.63, 3.8) is 0 Å². The van der Waals surface area contributed by atoms with Crippen LogP contribution in [-0.2, 0) is 6.42 Å². The molecule has 0 saturated carbocycles. The predicted molar refractivity (Wildman–Crippen MR) is 97.5 cm³/mol. The molecule has 0 aliphatic carbocycles. The van der Waals surface area contributed by atoms with Gasteiger partial charge in [0.2, 0.25) is 0 Å². The molecule has 2 aromatic carbocycles. The number of anilines is 1. The molecule has 2 rings (SSSR count). The number of halogens is 1. The molecule has 1 atom stereocenters. The summed E-state index contributed by atoms with van der Waals surface area (Å²) in [5.41, 5.74) is 7.16. The van der Waals surface area contributed by atoms with E-state index in [9.17, 15) is 4.79 Å². The molecule has 0 heterocycles. The van der Waals surface area contributed by atoms with E-state index in [0.717, 1.165) is 11.3 Å². The maximum Gasteiger partial charge on any atom is 0.319 e. The average Bonchev–Trinajstić information content (AvgIpc) is 2.63. The van der Waals surface area contributed by atoms with Gasteiger partial charge in [-0.2, -0.15) is 0 Å². The lowest BCUT2D eigenvalue weighted by molar-refractivity contribution is 0.250. The fraction of sp³-hybridized carbons (Fsp3) is 0.176. The third kappa shape index (κ3) is 5.58. The second-order valence-electron chi connectivity index (χ2n) is 5.24. The molecule has 0 fully saturated rings. The fourth-order valence-corrected chi connectivity index (χ4v) is 2.28. The summed E-state index contributed by atoms with van der Waals surface area (Å²) in [4.78, 5) is 12.2. The number of nitrogens with zero attached hydrogens (tertiary/aromatic N) is 1. The Morgan fingerprint density at radius 1 is 1.24 bits per heavy atom. The molecule has 0 spiro atoms. The Morgan fingerprint density at radius 2 is 1.88 bits per heavy atom. The number of benzene rings is 2. The van der Waals surface area contributed by atoms with E-state index in [1.54, 1.807) is 43.5 Å². The van der Waals surface area contributed by atoms with Crippen molar-refractivity contribution >= 4 is 29.2 Å². The monoisotopic (exact) mass is 362 g/mol. The second-order valence-corrected chi connectivity index (χ2v) is 5.67. The second kappa shape index (κ2) is 8.79. The molecule has 1 unspecified atom stereocenters. The highest BCUT2D eigenvalue weighted by Crippen LogP contribution is 2.14. The van der Waals surface area contributed by atoms with Gasteiger partial charge in [-0.15, -0.1) is 0 Å². The van der Waals surface area contributed by atoms with E-state index < -0.39 is 12.1 Å². The number of hydrogen-bond acceptors (Lipinski definition) is 4. The molecule has 2 aromatic rings. The summed E-state index contributed by atoms with van der Waals surface area (Å²) in [6, 6.07) is 12.8. The van der Waals surface area contributed by atoms with Crippen LogP contribution in [0.5, 0.6) is 5.75 Å². The first-order chi connectivity index (χ1) is 12.0. The molecule has 0 saturated heterocycles. The summed E-state index contributed by atoms with van der Waals surface area (Å²) in [7, 11) is 1.58. The molecular weight excluding hydrogens is 344 g/mol. The minimum Gasteiger partial charge on any atom is -0.497 e. The van der Waals surface area contributed by atoms with E-state index in [1.807, 2.05) is 12.1 Å². The van der Waals surface area contributed by atoms with Crippen LogP contribution in [-0.4, -0.2) is 30.2 Å². The molecule has 25 heavy (non-hydrogen) atoms. The number of hydrogen-bond donors (Lipinski definition) is 4. The van der Waals surface area contributed by atoms with Crippen LogP contribution < -0.4 is 21.1 Å². The number of amidine groups is 1. The SMILES string of the molecule is COc1ccc(CC(NC(=O)Nc2ccc(Cl)cc2)C(N)=NO)cc1. The molecule has 8 heteroatoms. The van der Waals surface area contributed by atoms with Crippen LogP contribution in [0.25, 0.3) is 0 Å². The van der Waals surface area contributed by atoms with Gasteiger partial charge in [0.1, 0.15) is 5.75 Å². The van der Waals surface area contributed by atoms with E-state index >= 15 is 0 Å². The Kier molecular flexibility index (Phi) is 6.47. The lowest BCUT2D eigenvalue weighted by Gasteiger charge is -2.18. The highest BCUT2D eigenvalue weighted by molar-refractivity contribution is 6.30. The van der Waals surface area contributed by atoms with E-state index in [2.05, 4.69) is 15.8 Å². The number of nitrogens with one attached hydrogen (secondary N) is 2. The standard InChI is InChI=1S/C17H19ClN4O3/c1-25-14-8-2-11(3-9-14)10-15(16(19)22-24)21-17(23)20-13-6-4-12(18)5-7-13/h2-9,15,24H,10H2,1H3,(H2,19,22)(H2,20,21,23). The Morgan fingerprint density at radius 3 is 2.44 bits per heavy atom. The molecular formula is C17H19ClN4O3. The molecule has 132 valence electrons. The minimum atomic E-state index is -0.675. The third-order valence-corrected chi connectivity index (χ3v) is 3.73. The first-order valence-electron chi connectivity index (χ1n) is 7.45. The Hall–Kier alpha value is -2.93. The zero-order chi connectivity index (χ0) is 18.2. The predicted octanol–water partition coefficient (Wildman–Crippen LogP) is 2.83. The first-order valence-corrected chi connectivity index (χ1v) is 7.83. The number of urea groups is 1. The van der Waals surface area contributed by atoms with Crippen molar-refractivity contribution in [2.45, 2.75) is 12.5 Å². The summed E-state index contributed by atoms with van der Waals surface area (Å²) < 4.78 is 5.10. The van der Waals surface area contributed by atoms with Gasteiger partial charge in [0.05, 0.1) is 13.2 Å². The number of ether oxygens (including phenoxy) is 1. The highest BCUT2D eigenvalue weighted by atomic mass is 35.5. The number of oxime groups is 1. The van der Waals surface area contributed by atoms with Crippen molar-refractivity contribution < 1.29 is 14.7 Å². The maximum atomic E-state index is 12.2. The zero-order valence-electron chi connectivity index (χ0n) is 13.6. The van der Waals surface area contributed by atoms with Gasteiger partial charge in [-0.3, -0.25) is 0 Å². The van der Waals surface area contributed by atoms with Crippen molar-refractivity contribution in [2.24, 2.45) is 10.9 Å². The Balaban J connectivity index is 2.03. The minimum absolute atomic E-state index is 0.0953. The lowest BCUT2D eigenvalue weighted by Crippen LogP contribution is -2.47. The molecule has 0 aromatic heterocycles. The number of rotatable bonds is 6. The largest absolute Gasteiger partial charge is 0.497 e. The van der Waals surface area contributed by atoms with Crippen molar-refractivity contribution in [3.05, 3.63) is 59.1 Å². The molecule has 2 amide bonds. The number of amides is 2. The topological polar surface area (TPSA) is 109 Å². The van der Waals surface area contributed by atoms with Crippen LogP contribution >= 0.6 is 11.6 Å². The molecule has 7 nitrogen and oxygen atoms in total. The third-order valence-electron chi connectivity index (χ3n) is 3.48.